The maximum atomic E-state index is 12.5. The lowest BCUT2D eigenvalue weighted by molar-refractivity contribution is -0.122. The van der Waals surface area contributed by atoms with Crippen LogP contribution in [0.25, 0.3) is 11.0 Å². The quantitative estimate of drug-likeness (QED) is 0.636. The standard InChI is InChI=1S/C24H31N3O/c1-16(2)14-19-10-12-20(13-11-19)18(5)24-26-21-8-6-7-9-22(21)27(24)15-23(28)25-17(3)4/h6-13,16-18H,14-15H2,1-5H3,(H,25,28). The molecule has 4 heteroatoms. The fraction of sp³-hybridized carbons (Fsp3) is 0.417. The van der Waals surface area contributed by atoms with Gasteiger partial charge in [0, 0.05) is 12.0 Å². The summed E-state index contributed by atoms with van der Waals surface area (Å²) in [5, 5.41) is 2.99. The van der Waals surface area contributed by atoms with Crippen molar-refractivity contribution in [2.24, 2.45) is 5.92 Å². The fourth-order valence-corrected chi connectivity index (χ4v) is 3.66. The molecule has 1 amide bonds. The van der Waals surface area contributed by atoms with Crippen LogP contribution in [0, 0.1) is 5.92 Å². The van der Waals surface area contributed by atoms with Crippen LogP contribution < -0.4 is 5.32 Å². The molecular weight excluding hydrogens is 346 g/mol. The van der Waals surface area contributed by atoms with E-state index < -0.39 is 0 Å². The van der Waals surface area contributed by atoms with Crippen molar-refractivity contribution >= 4 is 16.9 Å². The van der Waals surface area contributed by atoms with Gasteiger partial charge in [0.05, 0.1) is 11.0 Å². The molecular formula is C24H31N3O. The third kappa shape index (κ3) is 4.61. The van der Waals surface area contributed by atoms with Crippen LogP contribution in [0.15, 0.2) is 48.5 Å². The predicted octanol–water partition coefficient (Wildman–Crippen LogP) is 4.91. The Morgan fingerprint density at radius 1 is 1.00 bits per heavy atom. The number of amides is 1. The highest BCUT2D eigenvalue weighted by atomic mass is 16.2. The third-order valence-electron chi connectivity index (χ3n) is 4.95. The third-order valence-corrected chi connectivity index (χ3v) is 4.95. The fourth-order valence-electron chi connectivity index (χ4n) is 3.66. The molecule has 3 aromatic rings. The minimum absolute atomic E-state index is 0.0129. The molecule has 0 bridgehead atoms. The van der Waals surface area contributed by atoms with Crippen LogP contribution >= 0.6 is 0 Å². The highest BCUT2D eigenvalue weighted by Crippen LogP contribution is 2.28. The summed E-state index contributed by atoms with van der Waals surface area (Å²) >= 11 is 0. The van der Waals surface area contributed by atoms with Crippen molar-refractivity contribution in [3.63, 3.8) is 0 Å². The smallest absolute Gasteiger partial charge is 0.240 e. The number of imidazole rings is 1. The molecule has 0 fully saturated rings. The lowest BCUT2D eigenvalue weighted by Gasteiger charge is -2.16. The van der Waals surface area contributed by atoms with Crippen molar-refractivity contribution in [1.82, 2.24) is 14.9 Å². The summed E-state index contributed by atoms with van der Waals surface area (Å²) in [5.41, 5.74) is 4.50. The van der Waals surface area contributed by atoms with Gasteiger partial charge in [0.1, 0.15) is 12.4 Å². The number of fused-ring (bicyclic) bond motifs is 1. The van der Waals surface area contributed by atoms with E-state index in [0.29, 0.717) is 5.92 Å². The van der Waals surface area contributed by atoms with E-state index in [0.717, 1.165) is 23.3 Å². The molecule has 0 saturated heterocycles. The van der Waals surface area contributed by atoms with Crippen LogP contribution in [-0.4, -0.2) is 21.5 Å². The van der Waals surface area contributed by atoms with Gasteiger partial charge in [-0.3, -0.25) is 4.79 Å². The molecule has 3 rings (SSSR count). The summed E-state index contributed by atoms with van der Waals surface area (Å²) in [6.07, 6.45) is 1.09. The SMILES string of the molecule is CC(C)Cc1ccc(C(C)c2nc3ccccc3n2CC(=O)NC(C)C)cc1. The first-order valence-corrected chi connectivity index (χ1v) is 10.2. The van der Waals surface area contributed by atoms with Crippen LogP contribution in [0.4, 0.5) is 0 Å². The van der Waals surface area contributed by atoms with E-state index in [1.54, 1.807) is 0 Å². The predicted molar refractivity (Wildman–Crippen MR) is 116 cm³/mol. The van der Waals surface area contributed by atoms with Crippen molar-refractivity contribution in [2.75, 3.05) is 0 Å². The molecule has 0 aliphatic rings. The number of hydrogen-bond acceptors (Lipinski definition) is 2. The van der Waals surface area contributed by atoms with Crippen LogP contribution in [0.1, 0.15) is 57.5 Å². The number of rotatable bonds is 7. The molecule has 1 atom stereocenters. The van der Waals surface area contributed by atoms with Gasteiger partial charge in [0.25, 0.3) is 0 Å². The van der Waals surface area contributed by atoms with Gasteiger partial charge in [-0.15, -0.1) is 0 Å². The van der Waals surface area contributed by atoms with Crippen LogP contribution in [0.2, 0.25) is 0 Å². The van der Waals surface area contributed by atoms with Gasteiger partial charge in [-0.1, -0.05) is 57.2 Å². The Balaban J connectivity index is 1.94. The maximum absolute atomic E-state index is 12.5. The van der Waals surface area contributed by atoms with Crippen molar-refractivity contribution < 1.29 is 4.79 Å². The summed E-state index contributed by atoms with van der Waals surface area (Å²) in [6.45, 7) is 10.9. The summed E-state index contributed by atoms with van der Waals surface area (Å²) in [6, 6.07) is 17.0. The van der Waals surface area contributed by atoms with E-state index in [4.69, 9.17) is 4.98 Å². The Labute approximate surface area is 168 Å². The highest BCUT2D eigenvalue weighted by molar-refractivity contribution is 5.81. The second-order valence-electron chi connectivity index (χ2n) is 8.33. The molecule has 0 radical (unpaired) electrons. The molecule has 28 heavy (non-hydrogen) atoms. The van der Waals surface area contributed by atoms with Gasteiger partial charge < -0.3 is 9.88 Å². The highest BCUT2D eigenvalue weighted by Gasteiger charge is 2.20. The molecule has 4 nitrogen and oxygen atoms in total. The van der Waals surface area contributed by atoms with Crippen molar-refractivity contribution in [3.8, 4) is 0 Å². The van der Waals surface area contributed by atoms with Crippen molar-refractivity contribution in [2.45, 2.75) is 59.5 Å². The molecule has 0 spiro atoms. The summed E-state index contributed by atoms with van der Waals surface area (Å²) in [4.78, 5) is 17.3. The minimum Gasteiger partial charge on any atom is -0.352 e. The van der Waals surface area contributed by atoms with E-state index in [1.165, 1.54) is 11.1 Å². The molecule has 1 heterocycles. The van der Waals surface area contributed by atoms with Gasteiger partial charge in [0.2, 0.25) is 5.91 Å². The average molecular weight is 378 g/mol. The number of benzene rings is 2. The Morgan fingerprint density at radius 3 is 2.32 bits per heavy atom. The second kappa shape index (κ2) is 8.59. The minimum atomic E-state index is 0.0129. The number of hydrogen-bond donors (Lipinski definition) is 1. The molecule has 1 aromatic heterocycles. The molecule has 1 N–H and O–H groups in total. The number of nitrogens with one attached hydrogen (secondary N) is 1. The lowest BCUT2D eigenvalue weighted by atomic mass is 9.96. The van der Waals surface area contributed by atoms with E-state index in [2.05, 4.69) is 54.9 Å². The molecule has 2 aromatic carbocycles. The molecule has 148 valence electrons. The second-order valence-corrected chi connectivity index (χ2v) is 8.33. The number of nitrogens with zero attached hydrogens (tertiary/aromatic N) is 2. The van der Waals surface area contributed by atoms with Crippen LogP contribution in [-0.2, 0) is 17.8 Å². The number of aromatic nitrogens is 2. The number of carbonyl (C=O) groups excluding carboxylic acids is 1. The molecule has 1 unspecified atom stereocenters. The summed E-state index contributed by atoms with van der Waals surface area (Å²) in [7, 11) is 0. The normalized spacial score (nSPS) is 12.7. The first kappa shape index (κ1) is 20.1. The lowest BCUT2D eigenvalue weighted by Crippen LogP contribution is -2.33. The van der Waals surface area contributed by atoms with Crippen molar-refractivity contribution in [3.05, 3.63) is 65.5 Å². The van der Waals surface area contributed by atoms with Crippen LogP contribution in [0.3, 0.4) is 0 Å². The van der Waals surface area contributed by atoms with Gasteiger partial charge in [0.15, 0.2) is 0 Å². The zero-order valence-electron chi connectivity index (χ0n) is 17.6. The number of para-hydroxylation sites is 2. The van der Waals surface area contributed by atoms with E-state index in [1.807, 2.05) is 38.1 Å². The Morgan fingerprint density at radius 2 is 1.68 bits per heavy atom. The van der Waals surface area contributed by atoms with E-state index >= 15 is 0 Å². The monoisotopic (exact) mass is 377 g/mol. The first-order valence-electron chi connectivity index (χ1n) is 10.2. The zero-order valence-corrected chi connectivity index (χ0v) is 17.6. The summed E-state index contributed by atoms with van der Waals surface area (Å²) in [5.74, 6) is 1.69. The van der Waals surface area contributed by atoms with E-state index in [9.17, 15) is 4.79 Å². The van der Waals surface area contributed by atoms with Gasteiger partial charge in [-0.05, 0) is 49.4 Å². The molecule has 0 aliphatic heterocycles. The zero-order chi connectivity index (χ0) is 20.3. The largest absolute Gasteiger partial charge is 0.352 e. The molecule has 0 aliphatic carbocycles. The van der Waals surface area contributed by atoms with Crippen molar-refractivity contribution in [1.29, 1.82) is 0 Å². The van der Waals surface area contributed by atoms with Crippen LogP contribution in [0.5, 0.6) is 0 Å². The maximum Gasteiger partial charge on any atom is 0.240 e. The first-order chi connectivity index (χ1) is 13.3. The Hall–Kier alpha value is -2.62. The van der Waals surface area contributed by atoms with Gasteiger partial charge in [-0.2, -0.15) is 0 Å². The Bertz CT molecular complexity index is 938. The summed E-state index contributed by atoms with van der Waals surface area (Å²) < 4.78 is 2.06. The van der Waals surface area contributed by atoms with Gasteiger partial charge in [-0.25, -0.2) is 4.98 Å². The van der Waals surface area contributed by atoms with Gasteiger partial charge >= 0.3 is 0 Å². The topological polar surface area (TPSA) is 46.9 Å². The molecule has 0 saturated carbocycles. The Kier molecular flexibility index (Phi) is 6.18. The number of carbonyl (C=O) groups is 1. The van der Waals surface area contributed by atoms with E-state index in [-0.39, 0.29) is 24.4 Å². The average Bonchev–Trinajstić information content (AvgIpc) is 2.99.